The van der Waals surface area contributed by atoms with Crippen molar-refractivity contribution in [1.29, 1.82) is 0 Å². The monoisotopic (exact) mass is 445 g/mol. The van der Waals surface area contributed by atoms with Crippen LogP contribution >= 0.6 is 24.0 Å². The van der Waals surface area contributed by atoms with E-state index in [1.165, 1.54) is 18.4 Å². The van der Waals surface area contributed by atoms with Crippen molar-refractivity contribution in [3.05, 3.63) is 23.9 Å². The highest BCUT2D eigenvalue weighted by atomic mass is 127. The highest BCUT2D eigenvalue weighted by molar-refractivity contribution is 14.0. The zero-order valence-electron chi connectivity index (χ0n) is 14.5. The SMILES string of the molecule is CN=C(NCc1ccnc(N2CCOC(C)C2)c1)NCC1CC1.I. The van der Waals surface area contributed by atoms with Gasteiger partial charge < -0.3 is 20.3 Å². The summed E-state index contributed by atoms with van der Waals surface area (Å²) in [5.41, 5.74) is 1.21. The highest BCUT2D eigenvalue weighted by Crippen LogP contribution is 2.27. The third kappa shape index (κ3) is 5.77. The number of anilines is 1. The largest absolute Gasteiger partial charge is 0.375 e. The topological polar surface area (TPSA) is 61.8 Å². The second kappa shape index (κ2) is 9.41. The number of hydrogen-bond acceptors (Lipinski definition) is 4. The molecule has 1 saturated carbocycles. The molecule has 134 valence electrons. The van der Waals surface area contributed by atoms with Gasteiger partial charge in [-0.05, 0) is 43.4 Å². The molecule has 2 aliphatic rings. The molecule has 2 fully saturated rings. The quantitative estimate of drug-likeness (QED) is 0.413. The van der Waals surface area contributed by atoms with Crippen LogP contribution in [0.5, 0.6) is 0 Å². The van der Waals surface area contributed by atoms with Crippen molar-refractivity contribution in [2.45, 2.75) is 32.4 Å². The minimum atomic E-state index is 0. The lowest BCUT2D eigenvalue weighted by Gasteiger charge is -2.32. The summed E-state index contributed by atoms with van der Waals surface area (Å²) in [7, 11) is 1.81. The van der Waals surface area contributed by atoms with Crippen molar-refractivity contribution in [3.8, 4) is 0 Å². The zero-order chi connectivity index (χ0) is 16.1. The van der Waals surface area contributed by atoms with Gasteiger partial charge in [0.2, 0.25) is 0 Å². The standard InChI is InChI=1S/C17H27N5O.HI/c1-13-12-22(7-8-23-13)16-9-15(5-6-19-16)11-21-17(18-2)20-10-14-3-4-14;/h5-6,9,13-14H,3-4,7-8,10-12H2,1-2H3,(H2,18,20,21);1H. The van der Waals surface area contributed by atoms with Gasteiger partial charge in [0.25, 0.3) is 0 Å². The summed E-state index contributed by atoms with van der Waals surface area (Å²) in [6.45, 7) is 6.44. The van der Waals surface area contributed by atoms with E-state index in [9.17, 15) is 0 Å². The number of rotatable bonds is 5. The first-order valence-corrected chi connectivity index (χ1v) is 8.50. The van der Waals surface area contributed by atoms with Crippen molar-refractivity contribution >= 4 is 35.8 Å². The Morgan fingerprint density at radius 3 is 2.96 bits per heavy atom. The van der Waals surface area contributed by atoms with Gasteiger partial charge in [0.05, 0.1) is 12.7 Å². The maximum absolute atomic E-state index is 5.60. The van der Waals surface area contributed by atoms with Crippen molar-refractivity contribution in [2.24, 2.45) is 10.9 Å². The number of aliphatic imine (C=N–C) groups is 1. The molecule has 3 rings (SSSR count). The van der Waals surface area contributed by atoms with E-state index >= 15 is 0 Å². The molecule has 2 N–H and O–H groups in total. The van der Waals surface area contributed by atoms with E-state index in [-0.39, 0.29) is 30.1 Å². The Hall–Kier alpha value is -1.09. The normalized spacial score (nSPS) is 21.2. The van der Waals surface area contributed by atoms with Crippen LogP contribution in [0, 0.1) is 5.92 Å². The fraction of sp³-hybridized carbons (Fsp3) is 0.647. The number of nitrogens with one attached hydrogen (secondary N) is 2. The summed E-state index contributed by atoms with van der Waals surface area (Å²) in [4.78, 5) is 11.1. The molecule has 0 spiro atoms. The summed E-state index contributed by atoms with van der Waals surface area (Å²) < 4.78 is 5.60. The highest BCUT2D eigenvalue weighted by Gasteiger charge is 2.21. The van der Waals surface area contributed by atoms with Gasteiger partial charge in [-0.15, -0.1) is 24.0 Å². The molecule has 0 radical (unpaired) electrons. The van der Waals surface area contributed by atoms with Crippen LogP contribution < -0.4 is 15.5 Å². The predicted octanol–water partition coefficient (Wildman–Crippen LogP) is 2.00. The number of halogens is 1. The van der Waals surface area contributed by atoms with Crippen molar-refractivity contribution in [3.63, 3.8) is 0 Å². The first kappa shape index (κ1) is 19.2. The van der Waals surface area contributed by atoms with Gasteiger partial charge in [0, 0.05) is 39.4 Å². The van der Waals surface area contributed by atoms with Gasteiger partial charge in [0.15, 0.2) is 5.96 Å². The number of guanidine groups is 1. The number of pyridine rings is 1. The molecule has 1 aromatic rings. The van der Waals surface area contributed by atoms with Gasteiger partial charge >= 0.3 is 0 Å². The Morgan fingerprint density at radius 1 is 1.42 bits per heavy atom. The Kier molecular flexibility index (Phi) is 7.54. The van der Waals surface area contributed by atoms with Crippen LogP contribution in [0.15, 0.2) is 23.3 Å². The molecule has 1 aliphatic carbocycles. The molecular formula is C17H28IN5O. The van der Waals surface area contributed by atoms with Crippen molar-refractivity contribution in [2.75, 3.05) is 38.2 Å². The second-order valence-electron chi connectivity index (χ2n) is 6.40. The average molecular weight is 445 g/mol. The van der Waals surface area contributed by atoms with E-state index in [2.05, 4.69) is 44.6 Å². The van der Waals surface area contributed by atoms with Crippen LogP contribution in [-0.4, -0.2) is 50.3 Å². The predicted molar refractivity (Wildman–Crippen MR) is 108 cm³/mol. The van der Waals surface area contributed by atoms with Gasteiger partial charge in [0.1, 0.15) is 5.82 Å². The van der Waals surface area contributed by atoms with Crippen LogP contribution in [-0.2, 0) is 11.3 Å². The first-order chi connectivity index (χ1) is 11.2. The number of ether oxygens (including phenoxy) is 1. The zero-order valence-corrected chi connectivity index (χ0v) is 16.8. The summed E-state index contributed by atoms with van der Waals surface area (Å²) in [5.74, 6) is 2.74. The minimum Gasteiger partial charge on any atom is -0.375 e. The molecule has 1 unspecified atom stereocenters. The molecule has 6 nitrogen and oxygen atoms in total. The molecule has 1 aliphatic heterocycles. The van der Waals surface area contributed by atoms with E-state index in [0.29, 0.717) is 0 Å². The first-order valence-electron chi connectivity index (χ1n) is 8.50. The number of nitrogens with zero attached hydrogens (tertiary/aromatic N) is 3. The molecule has 0 aromatic carbocycles. The summed E-state index contributed by atoms with van der Waals surface area (Å²) in [6.07, 6.45) is 4.83. The van der Waals surface area contributed by atoms with Gasteiger partial charge in [-0.3, -0.25) is 4.99 Å². The second-order valence-corrected chi connectivity index (χ2v) is 6.40. The molecule has 7 heteroatoms. The molecular weight excluding hydrogens is 417 g/mol. The van der Waals surface area contributed by atoms with E-state index in [1.807, 2.05) is 13.2 Å². The molecule has 1 atom stereocenters. The molecule has 1 aromatic heterocycles. The number of hydrogen-bond donors (Lipinski definition) is 2. The van der Waals surface area contributed by atoms with Crippen molar-refractivity contribution < 1.29 is 4.74 Å². The maximum atomic E-state index is 5.60. The van der Waals surface area contributed by atoms with E-state index in [1.54, 1.807) is 0 Å². The van der Waals surface area contributed by atoms with Crippen LogP contribution in [0.1, 0.15) is 25.3 Å². The molecule has 24 heavy (non-hydrogen) atoms. The third-order valence-corrected chi connectivity index (χ3v) is 4.31. The third-order valence-electron chi connectivity index (χ3n) is 4.31. The lowest BCUT2D eigenvalue weighted by atomic mass is 10.2. The van der Waals surface area contributed by atoms with Crippen molar-refractivity contribution in [1.82, 2.24) is 15.6 Å². The lowest BCUT2D eigenvalue weighted by molar-refractivity contribution is 0.0529. The lowest BCUT2D eigenvalue weighted by Crippen LogP contribution is -2.41. The summed E-state index contributed by atoms with van der Waals surface area (Å²) >= 11 is 0. The fourth-order valence-electron chi connectivity index (χ4n) is 2.74. The Bertz CT molecular complexity index is 550. The average Bonchev–Trinajstić information content (AvgIpc) is 3.40. The smallest absolute Gasteiger partial charge is 0.191 e. The van der Waals surface area contributed by atoms with Crippen LogP contribution in [0.4, 0.5) is 5.82 Å². The van der Waals surface area contributed by atoms with E-state index in [4.69, 9.17) is 4.74 Å². The summed E-state index contributed by atoms with van der Waals surface area (Å²) in [5, 5.41) is 6.76. The van der Waals surface area contributed by atoms with Crippen LogP contribution in [0.2, 0.25) is 0 Å². The number of aromatic nitrogens is 1. The molecule has 0 bridgehead atoms. The summed E-state index contributed by atoms with van der Waals surface area (Å²) in [6, 6.07) is 4.20. The van der Waals surface area contributed by atoms with E-state index in [0.717, 1.165) is 50.5 Å². The van der Waals surface area contributed by atoms with E-state index < -0.39 is 0 Å². The Morgan fingerprint density at radius 2 is 2.25 bits per heavy atom. The Balaban J connectivity index is 0.00000208. The minimum absolute atomic E-state index is 0. The van der Waals surface area contributed by atoms with Crippen LogP contribution in [0.3, 0.4) is 0 Å². The number of morpholine rings is 1. The van der Waals surface area contributed by atoms with Gasteiger partial charge in [-0.25, -0.2) is 4.98 Å². The molecule has 2 heterocycles. The maximum Gasteiger partial charge on any atom is 0.191 e. The molecule has 1 saturated heterocycles. The fourth-order valence-corrected chi connectivity index (χ4v) is 2.74. The molecule has 0 amide bonds. The Labute approximate surface area is 161 Å². The van der Waals surface area contributed by atoms with Crippen LogP contribution in [0.25, 0.3) is 0 Å². The van der Waals surface area contributed by atoms with Gasteiger partial charge in [-0.1, -0.05) is 0 Å². The van der Waals surface area contributed by atoms with Gasteiger partial charge in [-0.2, -0.15) is 0 Å².